The third-order valence-corrected chi connectivity index (χ3v) is 7.56. The summed E-state index contributed by atoms with van der Waals surface area (Å²) in [7, 11) is 0. The number of nitrogens with one attached hydrogen (secondary N) is 2. The van der Waals surface area contributed by atoms with Crippen LogP contribution in [0.15, 0.2) is 72.9 Å². The Morgan fingerprint density at radius 1 is 0.943 bits per heavy atom. The molecule has 0 unspecified atom stereocenters. The largest absolute Gasteiger partial charge is 0.361 e. The minimum absolute atomic E-state index is 0.0399. The van der Waals surface area contributed by atoms with Gasteiger partial charge in [-0.15, -0.1) is 0 Å². The number of aromatic nitrogens is 1. The number of fused-ring (bicyclic) bond motifs is 2. The summed E-state index contributed by atoms with van der Waals surface area (Å²) in [5, 5.41) is 6.65. The summed E-state index contributed by atoms with van der Waals surface area (Å²) in [6.07, 6.45) is 9.02. The van der Waals surface area contributed by atoms with Gasteiger partial charge < -0.3 is 20.1 Å². The smallest absolute Gasteiger partial charge is 0.322 e. The van der Waals surface area contributed by atoms with Gasteiger partial charge in [0.05, 0.1) is 5.69 Å². The van der Waals surface area contributed by atoms with E-state index in [1.165, 1.54) is 53.5 Å². The average Bonchev–Trinajstić information content (AvgIpc) is 3.57. The summed E-state index contributed by atoms with van der Waals surface area (Å²) >= 11 is 0. The lowest BCUT2D eigenvalue weighted by atomic mass is 9.97. The molecule has 35 heavy (non-hydrogen) atoms. The van der Waals surface area contributed by atoms with Crippen LogP contribution in [0.5, 0.6) is 0 Å². The molecule has 0 spiro atoms. The number of carbonyl (C=O) groups excluding carboxylic acids is 1. The van der Waals surface area contributed by atoms with Gasteiger partial charge in [0, 0.05) is 42.1 Å². The van der Waals surface area contributed by atoms with Crippen LogP contribution in [0.4, 0.5) is 10.5 Å². The first kappa shape index (κ1) is 21.9. The van der Waals surface area contributed by atoms with Crippen molar-refractivity contribution in [1.82, 2.24) is 14.8 Å². The van der Waals surface area contributed by atoms with E-state index in [2.05, 4.69) is 63.9 Å². The Hall–Kier alpha value is -3.57. The van der Waals surface area contributed by atoms with Gasteiger partial charge in [-0.3, -0.25) is 0 Å². The van der Waals surface area contributed by atoms with Gasteiger partial charge >= 0.3 is 6.03 Å². The van der Waals surface area contributed by atoms with Crippen molar-refractivity contribution in [2.24, 2.45) is 0 Å². The van der Waals surface area contributed by atoms with Crippen molar-refractivity contribution in [3.63, 3.8) is 0 Å². The normalized spacial score (nSPS) is 16.7. The molecule has 178 valence electrons. The summed E-state index contributed by atoms with van der Waals surface area (Å²) in [5.41, 5.74) is 6.07. The molecule has 2 aliphatic heterocycles. The number of nitrogens with zero attached hydrogens (tertiary/aromatic N) is 2. The molecule has 0 atom stereocenters. The maximum absolute atomic E-state index is 13.0. The summed E-state index contributed by atoms with van der Waals surface area (Å²) in [6.45, 7) is 4.96. The van der Waals surface area contributed by atoms with E-state index in [0.29, 0.717) is 6.54 Å². The van der Waals surface area contributed by atoms with Crippen molar-refractivity contribution in [2.45, 2.75) is 25.7 Å². The Morgan fingerprint density at radius 3 is 2.66 bits per heavy atom. The van der Waals surface area contributed by atoms with Gasteiger partial charge in [0.15, 0.2) is 0 Å². The molecule has 1 fully saturated rings. The summed E-state index contributed by atoms with van der Waals surface area (Å²) in [5.74, 6) is 0. The molecule has 0 aliphatic carbocycles. The predicted octanol–water partition coefficient (Wildman–Crippen LogP) is 6.28. The lowest BCUT2D eigenvalue weighted by Crippen LogP contribution is -2.37. The van der Waals surface area contributed by atoms with Crippen molar-refractivity contribution < 1.29 is 4.79 Å². The number of rotatable bonds is 5. The molecule has 4 aromatic rings. The molecular weight excluding hydrogens is 432 g/mol. The van der Waals surface area contributed by atoms with Crippen molar-refractivity contribution in [2.75, 3.05) is 38.0 Å². The molecule has 5 heteroatoms. The number of anilines is 1. The van der Waals surface area contributed by atoms with Crippen LogP contribution in [0.1, 0.15) is 30.4 Å². The van der Waals surface area contributed by atoms with Crippen molar-refractivity contribution in [3.05, 3.63) is 84.1 Å². The Morgan fingerprint density at radius 2 is 1.80 bits per heavy atom. The molecule has 0 radical (unpaired) electrons. The fraction of sp³-hybridized carbons (Fsp3) is 0.300. The zero-order chi connectivity index (χ0) is 23.6. The number of amides is 2. The van der Waals surface area contributed by atoms with Crippen LogP contribution in [0.3, 0.4) is 0 Å². The van der Waals surface area contributed by atoms with Gasteiger partial charge in [0.25, 0.3) is 0 Å². The molecule has 0 saturated carbocycles. The number of likely N-dealkylation sites (tertiary alicyclic amines) is 1. The second-order valence-corrected chi connectivity index (χ2v) is 9.76. The monoisotopic (exact) mass is 464 g/mol. The van der Waals surface area contributed by atoms with Gasteiger partial charge in [-0.1, -0.05) is 48.5 Å². The maximum Gasteiger partial charge on any atom is 0.322 e. The molecule has 1 saturated heterocycles. The minimum Gasteiger partial charge on any atom is -0.361 e. The maximum atomic E-state index is 13.0. The fourth-order valence-electron chi connectivity index (χ4n) is 5.51. The highest BCUT2D eigenvalue weighted by molar-refractivity contribution is 6.01. The molecular formula is C30H32N4O. The molecule has 2 aliphatic rings. The first-order valence-electron chi connectivity index (χ1n) is 12.8. The number of carbonyl (C=O) groups is 1. The van der Waals surface area contributed by atoms with E-state index < -0.39 is 0 Å². The van der Waals surface area contributed by atoms with Crippen LogP contribution >= 0.6 is 0 Å². The second kappa shape index (κ2) is 9.59. The molecule has 0 bridgehead atoms. The Bertz CT molecular complexity index is 1390. The standard InChI is InChI=1S/C30H32N4O/c35-30(32-29-9-5-7-23-6-1-2-8-26(23)29)34-18-13-22(14-19-34)24-10-11-28-27(20-24)25(21-31-28)12-17-33-15-3-4-16-33/h1-2,5-11,13,20-21,31H,3-4,12,14-19H2,(H,32,35). The highest BCUT2D eigenvalue weighted by Gasteiger charge is 2.19. The fourth-order valence-corrected chi connectivity index (χ4v) is 5.51. The van der Waals surface area contributed by atoms with Crippen LogP contribution in [-0.2, 0) is 6.42 Å². The molecule has 1 aromatic heterocycles. The van der Waals surface area contributed by atoms with E-state index in [9.17, 15) is 4.79 Å². The first-order chi connectivity index (χ1) is 17.2. The van der Waals surface area contributed by atoms with Crippen LogP contribution < -0.4 is 5.32 Å². The SMILES string of the molecule is O=C(Nc1cccc2ccccc12)N1CC=C(c2ccc3[nH]cc(CCN4CCCC4)c3c2)CC1. The Kier molecular flexibility index (Phi) is 6.01. The highest BCUT2D eigenvalue weighted by Crippen LogP contribution is 2.29. The second-order valence-electron chi connectivity index (χ2n) is 9.76. The van der Waals surface area contributed by atoms with E-state index in [4.69, 9.17) is 0 Å². The van der Waals surface area contributed by atoms with E-state index in [-0.39, 0.29) is 6.03 Å². The molecule has 3 heterocycles. The van der Waals surface area contributed by atoms with Crippen LogP contribution in [0.25, 0.3) is 27.2 Å². The topological polar surface area (TPSA) is 51.4 Å². The quantitative estimate of drug-likeness (QED) is 0.365. The first-order valence-corrected chi connectivity index (χ1v) is 12.8. The van der Waals surface area contributed by atoms with Gasteiger partial charge in [-0.05, 0) is 79.1 Å². The van der Waals surface area contributed by atoms with Crippen LogP contribution in [-0.4, -0.2) is 53.5 Å². The Balaban J connectivity index is 1.14. The van der Waals surface area contributed by atoms with Crippen molar-refractivity contribution >= 4 is 39.0 Å². The minimum atomic E-state index is -0.0399. The van der Waals surface area contributed by atoms with Crippen molar-refractivity contribution in [1.29, 1.82) is 0 Å². The van der Waals surface area contributed by atoms with Gasteiger partial charge in [-0.2, -0.15) is 0 Å². The molecule has 3 aromatic carbocycles. The number of hydrogen-bond donors (Lipinski definition) is 2. The molecule has 2 N–H and O–H groups in total. The van der Waals surface area contributed by atoms with Crippen molar-refractivity contribution in [3.8, 4) is 0 Å². The van der Waals surface area contributed by atoms with Crippen LogP contribution in [0.2, 0.25) is 0 Å². The Labute approximate surface area is 206 Å². The summed E-state index contributed by atoms with van der Waals surface area (Å²) in [6, 6.07) is 20.9. The molecule has 5 nitrogen and oxygen atoms in total. The molecule has 2 amide bonds. The summed E-state index contributed by atoms with van der Waals surface area (Å²) in [4.78, 5) is 20.9. The van der Waals surface area contributed by atoms with Gasteiger partial charge in [0.2, 0.25) is 0 Å². The van der Waals surface area contributed by atoms with Crippen LogP contribution in [0, 0.1) is 0 Å². The summed E-state index contributed by atoms with van der Waals surface area (Å²) < 4.78 is 0. The highest BCUT2D eigenvalue weighted by atomic mass is 16.2. The number of benzene rings is 3. The van der Waals surface area contributed by atoms with E-state index in [0.717, 1.165) is 42.4 Å². The zero-order valence-electron chi connectivity index (χ0n) is 20.1. The van der Waals surface area contributed by atoms with Gasteiger partial charge in [0.1, 0.15) is 0 Å². The van der Waals surface area contributed by atoms with E-state index in [1.807, 2.05) is 29.2 Å². The predicted molar refractivity (Wildman–Crippen MR) is 145 cm³/mol. The van der Waals surface area contributed by atoms with Gasteiger partial charge in [-0.25, -0.2) is 4.79 Å². The zero-order valence-corrected chi connectivity index (χ0v) is 20.1. The number of hydrogen-bond acceptors (Lipinski definition) is 2. The average molecular weight is 465 g/mol. The number of aromatic amines is 1. The van der Waals surface area contributed by atoms with E-state index in [1.54, 1.807) is 0 Å². The number of urea groups is 1. The lowest BCUT2D eigenvalue weighted by molar-refractivity contribution is 0.217. The third-order valence-electron chi connectivity index (χ3n) is 7.56. The molecule has 6 rings (SSSR count). The number of H-pyrrole nitrogens is 1. The van der Waals surface area contributed by atoms with E-state index >= 15 is 0 Å². The lowest BCUT2D eigenvalue weighted by Gasteiger charge is -2.27. The third kappa shape index (κ3) is 4.56.